The number of nitrogens with one attached hydrogen (secondary N) is 1. The van der Waals surface area contributed by atoms with Crippen LogP contribution < -0.4 is 5.32 Å². The third-order valence-electron chi connectivity index (χ3n) is 2.49. The molecule has 0 aliphatic carbocycles. The quantitative estimate of drug-likeness (QED) is 0.860. The van der Waals surface area contributed by atoms with Crippen LogP contribution in [0.4, 0.5) is 0 Å². The molecule has 1 N–H and O–H groups in total. The molecule has 16 heavy (non-hydrogen) atoms. The van der Waals surface area contributed by atoms with Gasteiger partial charge in [0.05, 0.1) is 6.04 Å². The van der Waals surface area contributed by atoms with E-state index in [1.165, 1.54) is 0 Å². The number of hydrogen-bond acceptors (Lipinski definition) is 5. The van der Waals surface area contributed by atoms with E-state index in [2.05, 4.69) is 15.5 Å². The van der Waals surface area contributed by atoms with Crippen LogP contribution in [-0.4, -0.2) is 21.8 Å². The van der Waals surface area contributed by atoms with Gasteiger partial charge in [-0.2, -0.15) is 4.98 Å². The molecule has 1 aromatic carbocycles. The molecule has 5 heteroatoms. The maximum absolute atomic E-state index is 5.27. The molecule has 0 amide bonds. The number of aromatic nitrogens is 2. The first-order valence-corrected chi connectivity index (χ1v) is 6.29. The molecule has 82 valence electrons. The summed E-state index contributed by atoms with van der Waals surface area (Å²) < 4.78 is 5.27. The summed E-state index contributed by atoms with van der Waals surface area (Å²) in [5, 5.41) is 7.30. The Kier molecular flexibility index (Phi) is 2.63. The SMILES string of the molecule is c1ccc(-c2noc(C3CSCN3)n2)cc1. The Morgan fingerprint density at radius 3 is 2.94 bits per heavy atom. The molecule has 2 aromatic rings. The lowest BCUT2D eigenvalue weighted by Crippen LogP contribution is -2.14. The van der Waals surface area contributed by atoms with Crippen LogP contribution in [0.25, 0.3) is 11.4 Å². The zero-order valence-corrected chi connectivity index (χ0v) is 9.41. The lowest BCUT2D eigenvalue weighted by atomic mass is 10.2. The van der Waals surface area contributed by atoms with E-state index < -0.39 is 0 Å². The number of thioether (sulfide) groups is 1. The van der Waals surface area contributed by atoms with E-state index in [0.717, 1.165) is 17.2 Å². The maximum atomic E-state index is 5.27. The van der Waals surface area contributed by atoms with Gasteiger partial charge in [-0.05, 0) is 0 Å². The van der Waals surface area contributed by atoms with E-state index in [9.17, 15) is 0 Å². The Morgan fingerprint density at radius 2 is 2.19 bits per heavy atom. The van der Waals surface area contributed by atoms with Crippen molar-refractivity contribution >= 4 is 11.8 Å². The molecular weight excluding hydrogens is 222 g/mol. The fourth-order valence-electron chi connectivity index (χ4n) is 1.64. The van der Waals surface area contributed by atoms with Crippen molar-refractivity contribution in [2.75, 3.05) is 11.6 Å². The number of hydrogen-bond donors (Lipinski definition) is 1. The first kappa shape index (κ1) is 9.86. The summed E-state index contributed by atoms with van der Waals surface area (Å²) in [5.41, 5.74) is 0.989. The Morgan fingerprint density at radius 1 is 1.31 bits per heavy atom. The van der Waals surface area contributed by atoms with Crippen molar-refractivity contribution in [2.24, 2.45) is 0 Å². The zero-order valence-electron chi connectivity index (χ0n) is 8.59. The standard InChI is InChI=1S/C11H11N3OS/c1-2-4-8(5-3-1)10-13-11(15-14-10)9-6-16-7-12-9/h1-5,9,12H,6-7H2. The average Bonchev–Trinajstić information content (AvgIpc) is 3.01. The minimum absolute atomic E-state index is 0.204. The first-order valence-electron chi connectivity index (χ1n) is 5.13. The van der Waals surface area contributed by atoms with Crippen molar-refractivity contribution in [2.45, 2.75) is 6.04 Å². The molecule has 1 aliphatic rings. The molecule has 0 radical (unpaired) electrons. The largest absolute Gasteiger partial charge is 0.337 e. The van der Waals surface area contributed by atoms with Crippen molar-refractivity contribution in [3.05, 3.63) is 36.2 Å². The van der Waals surface area contributed by atoms with Gasteiger partial charge in [0, 0.05) is 17.2 Å². The van der Waals surface area contributed by atoms with E-state index in [4.69, 9.17) is 4.52 Å². The molecule has 1 atom stereocenters. The van der Waals surface area contributed by atoms with Crippen LogP contribution in [0.2, 0.25) is 0 Å². The lowest BCUT2D eigenvalue weighted by molar-refractivity contribution is 0.351. The molecular formula is C11H11N3OS. The molecule has 2 heterocycles. The maximum Gasteiger partial charge on any atom is 0.244 e. The predicted molar refractivity (Wildman–Crippen MR) is 62.9 cm³/mol. The molecule has 3 rings (SSSR count). The summed E-state index contributed by atoms with van der Waals surface area (Å²) in [5.74, 6) is 3.29. The van der Waals surface area contributed by atoms with Gasteiger partial charge in [0.15, 0.2) is 0 Å². The highest BCUT2D eigenvalue weighted by Gasteiger charge is 2.22. The minimum atomic E-state index is 0.204. The van der Waals surface area contributed by atoms with Crippen molar-refractivity contribution in [3.63, 3.8) is 0 Å². The smallest absolute Gasteiger partial charge is 0.244 e. The van der Waals surface area contributed by atoms with Crippen LogP contribution in [0.1, 0.15) is 11.9 Å². The van der Waals surface area contributed by atoms with Crippen molar-refractivity contribution < 1.29 is 4.52 Å². The van der Waals surface area contributed by atoms with Gasteiger partial charge in [-0.25, -0.2) is 0 Å². The highest BCUT2D eigenvalue weighted by molar-refractivity contribution is 7.99. The number of rotatable bonds is 2. The summed E-state index contributed by atoms with van der Waals surface area (Å²) in [6.07, 6.45) is 0. The van der Waals surface area contributed by atoms with Crippen molar-refractivity contribution in [3.8, 4) is 11.4 Å². The number of nitrogens with zero attached hydrogens (tertiary/aromatic N) is 2. The Labute approximate surface area is 97.4 Å². The second kappa shape index (κ2) is 4.27. The van der Waals surface area contributed by atoms with E-state index in [-0.39, 0.29) is 6.04 Å². The van der Waals surface area contributed by atoms with Gasteiger partial charge in [-0.15, -0.1) is 11.8 Å². The third-order valence-corrected chi connectivity index (χ3v) is 3.43. The molecule has 0 saturated carbocycles. The van der Waals surface area contributed by atoms with Crippen LogP contribution >= 0.6 is 11.8 Å². The molecule has 1 fully saturated rings. The van der Waals surface area contributed by atoms with E-state index in [0.29, 0.717) is 11.7 Å². The molecule has 4 nitrogen and oxygen atoms in total. The Hall–Kier alpha value is -1.33. The third kappa shape index (κ3) is 1.83. The average molecular weight is 233 g/mol. The second-order valence-electron chi connectivity index (χ2n) is 3.59. The van der Waals surface area contributed by atoms with Crippen molar-refractivity contribution in [1.82, 2.24) is 15.5 Å². The Bertz CT molecular complexity index is 465. The summed E-state index contributed by atoms with van der Waals surface area (Å²) in [4.78, 5) is 4.41. The number of benzene rings is 1. The van der Waals surface area contributed by atoms with E-state index in [1.807, 2.05) is 42.1 Å². The molecule has 1 saturated heterocycles. The van der Waals surface area contributed by atoms with Crippen LogP contribution in [0.5, 0.6) is 0 Å². The fourth-order valence-corrected chi connectivity index (χ4v) is 2.57. The predicted octanol–water partition coefficient (Wildman–Crippen LogP) is 2.07. The molecule has 0 spiro atoms. The van der Waals surface area contributed by atoms with Gasteiger partial charge in [0.2, 0.25) is 11.7 Å². The summed E-state index contributed by atoms with van der Waals surface area (Å²) >= 11 is 1.84. The molecule has 0 bridgehead atoms. The normalized spacial score (nSPS) is 20.1. The van der Waals surface area contributed by atoms with E-state index >= 15 is 0 Å². The van der Waals surface area contributed by atoms with Gasteiger partial charge >= 0.3 is 0 Å². The molecule has 1 aromatic heterocycles. The summed E-state index contributed by atoms with van der Waals surface area (Å²) in [7, 11) is 0. The highest BCUT2D eigenvalue weighted by Crippen LogP contribution is 2.24. The lowest BCUT2D eigenvalue weighted by Gasteiger charge is -2.00. The molecule has 1 aliphatic heterocycles. The Balaban J connectivity index is 1.87. The van der Waals surface area contributed by atoms with E-state index in [1.54, 1.807) is 0 Å². The fraction of sp³-hybridized carbons (Fsp3) is 0.273. The van der Waals surface area contributed by atoms with Gasteiger partial charge in [-0.3, -0.25) is 5.32 Å². The monoisotopic (exact) mass is 233 g/mol. The first-order chi connectivity index (χ1) is 7.93. The van der Waals surface area contributed by atoms with Crippen LogP contribution in [-0.2, 0) is 0 Å². The summed E-state index contributed by atoms with van der Waals surface area (Å²) in [6.45, 7) is 0. The molecule has 1 unspecified atom stereocenters. The van der Waals surface area contributed by atoms with Gasteiger partial charge in [0.25, 0.3) is 0 Å². The van der Waals surface area contributed by atoms with Gasteiger partial charge in [0.1, 0.15) is 0 Å². The van der Waals surface area contributed by atoms with Gasteiger partial charge in [-0.1, -0.05) is 35.5 Å². The van der Waals surface area contributed by atoms with Gasteiger partial charge < -0.3 is 4.52 Å². The zero-order chi connectivity index (χ0) is 10.8. The van der Waals surface area contributed by atoms with Crippen molar-refractivity contribution in [1.29, 1.82) is 0 Å². The highest BCUT2D eigenvalue weighted by atomic mass is 32.2. The second-order valence-corrected chi connectivity index (χ2v) is 4.62. The minimum Gasteiger partial charge on any atom is -0.337 e. The van der Waals surface area contributed by atoms with Crippen LogP contribution in [0.3, 0.4) is 0 Å². The van der Waals surface area contributed by atoms with Crippen LogP contribution in [0, 0.1) is 0 Å². The topological polar surface area (TPSA) is 51.0 Å². The van der Waals surface area contributed by atoms with Crippen LogP contribution in [0.15, 0.2) is 34.9 Å². The summed E-state index contributed by atoms with van der Waals surface area (Å²) in [6, 6.07) is 10.1.